The van der Waals surface area contributed by atoms with Crippen molar-refractivity contribution in [1.82, 2.24) is 0 Å². The van der Waals surface area contributed by atoms with Crippen molar-refractivity contribution in [2.24, 2.45) is 17.3 Å². The molecule has 1 fully saturated rings. The minimum Gasteiger partial charge on any atom is -0.389 e. The van der Waals surface area contributed by atoms with Crippen molar-refractivity contribution < 1.29 is 9.90 Å². The first-order valence-electron chi connectivity index (χ1n) is 8.77. The van der Waals surface area contributed by atoms with Crippen molar-refractivity contribution in [1.29, 1.82) is 0 Å². The first-order valence-corrected chi connectivity index (χ1v) is 8.77. The van der Waals surface area contributed by atoms with E-state index in [0.29, 0.717) is 6.42 Å². The Labute approximate surface area is 135 Å². The largest absolute Gasteiger partial charge is 0.389 e. The van der Waals surface area contributed by atoms with Gasteiger partial charge in [-0.05, 0) is 62.9 Å². The molecule has 0 heterocycles. The van der Waals surface area contributed by atoms with Crippen LogP contribution in [0.2, 0.25) is 0 Å². The van der Waals surface area contributed by atoms with Gasteiger partial charge in [0, 0.05) is 12.3 Å². The van der Waals surface area contributed by atoms with Gasteiger partial charge in [0.2, 0.25) is 0 Å². The summed E-state index contributed by atoms with van der Waals surface area (Å²) < 4.78 is 0. The predicted octanol–water partition coefficient (Wildman–Crippen LogP) is 4.83. The summed E-state index contributed by atoms with van der Waals surface area (Å²) in [5.74, 6) is 0.460. The van der Waals surface area contributed by atoms with Gasteiger partial charge >= 0.3 is 0 Å². The predicted molar refractivity (Wildman–Crippen MR) is 91.6 cm³/mol. The highest BCUT2D eigenvalue weighted by molar-refractivity contribution is 5.95. The molecule has 0 aromatic heterocycles. The lowest BCUT2D eigenvalue weighted by Crippen LogP contribution is -2.44. The number of Topliss-reactive ketones (excluding diaryl/α,β-unsaturated/α-hetero) is 1. The Morgan fingerprint density at radius 1 is 1.23 bits per heavy atom. The van der Waals surface area contributed by atoms with Crippen molar-refractivity contribution in [2.45, 2.75) is 78.7 Å². The maximum absolute atomic E-state index is 12.6. The molecule has 0 unspecified atom stereocenters. The molecule has 0 spiro atoms. The quantitative estimate of drug-likeness (QED) is 0.705. The Morgan fingerprint density at radius 2 is 1.91 bits per heavy atom. The zero-order valence-electron chi connectivity index (χ0n) is 14.9. The molecule has 0 amide bonds. The maximum atomic E-state index is 12.6. The van der Waals surface area contributed by atoms with E-state index < -0.39 is 5.60 Å². The molecule has 2 nitrogen and oxygen atoms in total. The third-order valence-corrected chi connectivity index (χ3v) is 6.28. The van der Waals surface area contributed by atoms with Crippen LogP contribution in [0.5, 0.6) is 0 Å². The van der Waals surface area contributed by atoms with Crippen molar-refractivity contribution in [2.75, 3.05) is 0 Å². The zero-order valence-corrected chi connectivity index (χ0v) is 14.9. The lowest BCUT2D eigenvalue weighted by Gasteiger charge is -2.40. The number of hydrogen-bond acceptors (Lipinski definition) is 2. The van der Waals surface area contributed by atoms with Crippen LogP contribution in [0.15, 0.2) is 23.3 Å². The topological polar surface area (TPSA) is 37.3 Å². The maximum Gasteiger partial charge on any atom is 0.158 e. The van der Waals surface area contributed by atoms with E-state index >= 15 is 0 Å². The summed E-state index contributed by atoms with van der Waals surface area (Å²) in [4.78, 5) is 12.6. The second kappa shape index (κ2) is 6.31. The van der Waals surface area contributed by atoms with E-state index in [0.717, 1.165) is 37.7 Å². The highest BCUT2D eigenvalue weighted by Gasteiger charge is 2.55. The molecule has 124 valence electrons. The monoisotopic (exact) mass is 304 g/mol. The van der Waals surface area contributed by atoms with Crippen molar-refractivity contribution in [3.63, 3.8) is 0 Å². The van der Waals surface area contributed by atoms with Gasteiger partial charge in [-0.3, -0.25) is 4.79 Å². The second-order valence-corrected chi connectivity index (χ2v) is 8.16. The number of aliphatic hydroxyl groups is 1. The summed E-state index contributed by atoms with van der Waals surface area (Å²) in [6.45, 7) is 10.6. The fourth-order valence-corrected chi connectivity index (χ4v) is 4.28. The molecule has 0 aromatic rings. The molecule has 2 aliphatic rings. The van der Waals surface area contributed by atoms with Crippen LogP contribution in [0.1, 0.15) is 73.1 Å². The van der Waals surface area contributed by atoms with Crippen molar-refractivity contribution in [3.05, 3.63) is 23.3 Å². The average Bonchev–Trinajstić information content (AvgIpc) is 2.70. The molecule has 0 aliphatic heterocycles. The minimum atomic E-state index is -0.708. The lowest BCUT2D eigenvalue weighted by atomic mass is 9.67. The van der Waals surface area contributed by atoms with E-state index in [9.17, 15) is 9.90 Å². The number of hydrogen-bond donors (Lipinski definition) is 1. The molecule has 3 atom stereocenters. The molecule has 0 aromatic carbocycles. The molecule has 0 radical (unpaired) electrons. The Hall–Kier alpha value is -0.890. The first-order chi connectivity index (χ1) is 10.2. The number of ketones is 1. The van der Waals surface area contributed by atoms with Crippen LogP contribution in [-0.2, 0) is 4.79 Å². The molecule has 2 heteroatoms. The third-order valence-electron chi connectivity index (χ3n) is 6.28. The number of rotatable bonds is 1. The molecule has 22 heavy (non-hydrogen) atoms. The average molecular weight is 304 g/mol. The van der Waals surface area contributed by atoms with Crippen LogP contribution >= 0.6 is 0 Å². The molecule has 2 rings (SSSR count). The number of fused-ring (bicyclic) bond motifs is 1. The molecule has 1 saturated carbocycles. The van der Waals surface area contributed by atoms with E-state index in [1.807, 2.05) is 6.92 Å². The van der Waals surface area contributed by atoms with Gasteiger partial charge in [0.05, 0.1) is 5.60 Å². The first kappa shape index (κ1) is 17.5. The van der Waals surface area contributed by atoms with Gasteiger partial charge in [0.15, 0.2) is 5.78 Å². The van der Waals surface area contributed by atoms with Crippen LogP contribution < -0.4 is 0 Å². The Kier molecular flexibility index (Phi) is 5.01. The minimum absolute atomic E-state index is 0.0283. The number of carbonyl (C=O) groups excluding carboxylic acids is 1. The normalized spacial score (nSPS) is 42.1. The van der Waals surface area contributed by atoms with Gasteiger partial charge in [0.25, 0.3) is 0 Å². The van der Waals surface area contributed by atoms with Crippen molar-refractivity contribution in [3.8, 4) is 0 Å². The fourth-order valence-electron chi connectivity index (χ4n) is 4.28. The van der Waals surface area contributed by atoms with Gasteiger partial charge < -0.3 is 5.11 Å². The second-order valence-electron chi connectivity index (χ2n) is 8.16. The molecule has 1 N–H and O–H groups in total. The Morgan fingerprint density at radius 3 is 2.55 bits per heavy atom. The van der Waals surface area contributed by atoms with E-state index in [1.54, 1.807) is 0 Å². The lowest BCUT2D eigenvalue weighted by molar-refractivity contribution is -0.122. The Bertz CT molecular complexity index is 500. The summed E-state index contributed by atoms with van der Waals surface area (Å²) in [6, 6.07) is 0. The van der Waals surface area contributed by atoms with E-state index in [-0.39, 0.29) is 23.0 Å². The van der Waals surface area contributed by atoms with Gasteiger partial charge in [-0.1, -0.05) is 38.5 Å². The van der Waals surface area contributed by atoms with Crippen LogP contribution in [0, 0.1) is 17.3 Å². The molecule has 2 aliphatic carbocycles. The van der Waals surface area contributed by atoms with Crippen molar-refractivity contribution >= 4 is 5.78 Å². The van der Waals surface area contributed by atoms with Crippen LogP contribution in [0.3, 0.4) is 0 Å². The standard InChI is InChI=1S/C20H32O2/c1-14(2)20(22)12-11-19(5)10-9-15(3)7-6-8-16(4)17(21)13-18(19)20/h8-9,14,18,22H,6-7,10-13H2,1-5H3/b15-9+,16-8-/t18-,19+,20-/m0/s1. The van der Waals surface area contributed by atoms with Gasteiger partial charge in [0.1, 0.15) is 0 Å². The molecule has 0 saturated heterocycles. The SMILES string of the molecule is C/C1=C/CC/C(C)=C/C[C@]2(C)CC[C@](O)(C(C)C)[C@H]2CC1=O. The smallest absolute Gasteiger partial charge is 0.158 e. The molecular formula is C20H32O2. The van der Waals surface area contributed by atoms with Gasteiger partial charge in [-0.2, -0.15) is 0 Å². The Balaban J connectivity index is 2.42. The van der Waals surface area contributed by atoms with E-state index in [1.165, 1.54) is 5.57 Å². The highest BCUT2D eigenvalue weighted by atomic mass is 16.3. The summed E-state index contributed by atoms with van der Waals surface area (Å²) in [6.07, 6.45) is 9.67. The van der Waals surface area contributed by atoms with Gasteiger partial charge in [-0.15, -0.1) is 0 Å². The summed E-state index contributed by atoms with van der Waals surface area (Å²) >= 11 is 0. The van der Waals surface area contributed by atoms with E-state index in [2.05, 4.69) is 39.8 Å². The van der Waals surface area contributed by atoms with Crippen LogP contribution in [0.4, 0.5) is 0 Å². The third kappa shape index (κ3) is 3.22. The van der Waals surface area contributed by atoms with E-state index in [4.69, 9.17) is 0 Å². The summed E-state index contributed by atoms with van der Waals surface area (Å²) in [7, 11) is 0. The highest BCUT2D eigenvalue weighted by Crippen LogP contribution is 2.56. The zero-order chi connectivity index (χ0) is 16.5. The fraction of sp³-hybridized carbons (Fsp3) is 0.750. The molecular weight excluding hydrogens is 272 g/mol. The molecule has 0 bridgehead atoms. The summed E-state index contributed by atoms with van der Waals surface area (Å²) in [5, 5.41) is 11.3. The van der Waals surface area contributed by atoms with Crippen LogP contribution in [0.25, 0.3) is 0 Å². The summed E-state index contributed by atoms with van der Waals surface area (Å²) in [5.41, 5.74) is 1.59. The van der Waals surface area contributed by atoms with Gasteiger partial charge in [-0.25, -0.2) is 0 Å². The van der Waals surface area contributed by atoms with Crippen LogP contribution in [-0.4, -0.2) is 16.5 Å². The number of carbonyl (C=O) groups is 1. The number of allylic oxidation sites excluding steroid dienone is 4.